The van der Waals surface area contributed by atoms with E-state index >= 15 is 0 Å². The molecule has 0 spiro atoms. The predicted octanol–water partition coefficient (Wildman–Crippen LogP) is 4.20. The monoisotopic (exact) mass is 356 g/mol. The zero-order chi connectivity index (χ0) is 17.8. The molecule has 6 heteroatoms. The zero-order valence-electron chi connectivity index (χ0n) is 14.5. The van der Waals surface area contributed by atoms with Crippen molar-refractivity contribution in [2.75, 3.05) is 7.05 Å². The standard InChI is InChI=1S/C19H20N2O3S/c1-13-17(14(2)24-20-13)11-23-18-7-5-4-6-16(18)19(22)21(3)10-15-8-9-25-12-15/h4-9,12H,10-11H2,1-3H3. The molecule has 0 aliphatic heterocycles. The van der Waals surface area contributed by atoms with E-state index in [1.165, 1.54) is 0 Å². The van der Waals surface area contributed by atoms with Gasteiger partial charge in [0.25, 0.3) is 5.91 Å². The highest BCUT2D eigenvalue weighted by Gasteiger charge is 2.18. The van der Waals surface area contributed by atoms with Gasteiger partial charge in [-0.2, -0.15) is 11.3 Å². The summed E-state index contributed by atoms with van der Waals surface area (Å²) in [7, 11) is 1.80. The summed E-state index contributed by atoms with van der Waals surface area (Å²) < 4.78 is 11.1. The maximum Gasteiger partial charge on any atom is 0.257 e. The number of aryl methyl sites for hydroxylation is 2. The number of nitrogens with zero attached hydrogens (tertiary/aromatic N) is 2. The van der Waals surface area contributed by atoms with Crippen molar-refractivity contribution in [1.82, 2.24) is 10.1 Å². The summed E-state index contributed by atoms with van der Waals surface area (Å²) in [5, 5.41) is 7.98. The number of ether oxygens (including phenoxy) is 1. The van der Waals surface area contributed by atoms with Crippen LogP contribution < -0.4 is 4.74 Å². The summed E-state index contributed by atoms with van der Waals surface area (Å²) in [4.78, 5) is 14.5. The molecule has 0 unspecified atom stereocenters. The zero-order valence-corrected chi connectivity index (χ0v) is 15.3. The maximum atomic E-state index is 12.8. The van der Waals surface area contributed by atoms with Crippen molar-refractivity contribution >= 4 is 17.2 Å². The molecule has 0 aliphatic rings. The lowest BCUT2D eigenvalue weighted by molar-refractivity contribution is 0.0780. The van der Waals surface area contributed by atoms with E-state index in [-0.39, 0.29) is 5.91 Å². The number of para-hydroxylation sites is 1. The number of hydrogen-bond acceptors (Lipinski definition) is 5. The van der Waals surface area contributed by atoms with Gasteiger partial charge in [-0.3, -0.25) is 4.79 Å². The summed E-state index contributed by atoms with van der Waals surface area (Å²) in [6.07, 6.45) is 0. The van der Waals surface area contributed by atoms with Gasteiger partial charge in [-0.05, 0) is 48.4 Å². The Morgan fingerprint density at radius 1 is 1.28 bits per heavy atom. The van der Waals surface area contributed by atoms with Crippen molar-refractivity contribution in [1.29, 1.82) is 0 Å². The van der Waals surface area contributed by atoms with Gasteiger partial charge in [0.05, 0.1) is 16.8 Å². The fourth-order valence-electron chi connectivity index (χ4n) is 2.56. The van der Waals surface area contributed by atoms with Crippen LogP contribution in [-0.2, 0) is 13.2 Å². The van der Waals surface area contributed by atoms with Gasteiger partial charge in [0.1, 0.15) is 18.1 Å². The van der Waals surface area contributed by atoms with Gasteiger partial charge in [-0.1, -0.05) is 17.3 Å². The molecule has 2 aromatic heterocycles. The minimum absolute atomic E-state index is 0.0689. The van der Waals surface area contributed by atoms with Crippen molar-refractivity contribution in [3.05, 3.63) is 69.2 Å². The number of rotatable bonds is 6. The average Bonchev–Trinajstić information content (AvgIpc) is 3.23. The van der Waals surface area contributed by atoms with Crippen LogP contribution >= 0.6 is 11.3 Å². The average molecular weight is 356 g/mol. The van der Waals surface area contributed by atoms with E-state index in [2.05, 4.69) is 5.16 Å². The lowest BCUT2D eigenvalue weighted by atomic mass is 10.1. The van der Waals surface area contributed by atoms with E-state index in [1.54, 1.807) is 29.4 Å². The van der Waals surface area contributed by atoms with Crippen molar-refractivity contribution in [3.63, 3.8) is 0 Å². The van der Waals surface area contributed by atoms with Crippen LogP contribution in [0.5, 0.6) is 5.75 Å². The fourth-order valence-corrected chi connectivity index (χ4v) is 3.22. The summed E-state index contributed by atoms with van der Waals surface area (Å²) in [6.45, 7) is 4.62. The Kier molecular flexibility index (Phi) is 5.19. The van der Waals surface area contributed by atoms with Crippen LogP contribution in [0.15, 0.2) is 45.6 Å². The molecule has 2 heterocycles. The van der Waals surface area contributed by atoms with Crippen LogP contribution in [0, 0.1) is 13.8 Å². The Bertz CT molecular complexity index is 836. The van der Waals surface area contributed by atoms with Crippen LogP contribution in [-0.4, -0.2) is 23.0 Å². The molecule has 0 saturated carbocycles. The van der Waals surface area contributed by atoms with Crippen LogP contribution in [0.1, 0.15) is 32.9 Å². The summed E-state index contributed by atoms with van der Waals surface area (Å²) in [6, 6.07) is 9.32. The van der Waals surface area contributed by atoms with Crippen LogP contribution in [0.25, 0.3) is 0 Å². The highest BCUT2D eigenvalue weighted by atomic mass is 32.1. The minimum Gasteiger partial charge on any atom is -0.488 e. The smallest absolute Gasteiger partial charge is 0.257 e. The fraction of sp³-hybridized carbons (Fsp3) is 0.263. The number of aromatic nitrogens is 1. The second-order valence-electron chi connectivity index (χ2n) is 5.88. The van der Waals surface area contributed by atoms with Gasteiger partial charge >= 0.3 is 0 Å². The topological polar surface area (TPSA) is 55.6 Å². The molecular formula is C19H20N2O3S. The third-order valence-corrected chi connectivity index (χ3v) is 4.75. The molecule has 5 nitrogen and oxygen atoms in total. The van der Waals surface area contributed by atoms with Gasteiger partial charge < -0.3 is 14.2 Å². The number of carbonyl (C=O) groups is 1. The molecule has 3 aromatic rings. The highest BCUT2D eigenvalue weighted by Crippen LogP contribution is 2.23. The SMILES string of the molecule is Cc1noc(C)c1COc1ccccc1C(=O)N(C)Cc1ccsc1. The van der Waals surface area contributed by atoms with Crippen molar-refractivity contribution in [3.8, 4) is 5.75 Å². The number of carbonyl (C=O) groups excluding carboxylic acids is 1. The summed E-state index contributed by atoms with van der Waals surface area (Å²) >= 11 is 1.62. The van der Waals surface area contributed by atoms with Gasteiger partial charge in [-0.15, -0.1) is 0 Å². The van der Waals surface area contributed by atoms with Crippen LogP contribution in [0.2, 0.25) is 0 Å². The first-order chi connectivity index (χ1) is 12.1. The van der Waals surface area contributed by atoms with Crippen molar-refractivity contribution in [2.45, 2.75) is 27.0 Å². The highest BCUT2D eigenvalue weighted by molar-refractivity contribution is 7.07. The molecule has 3 rings (SSSR count). The number of benzene rings is 1. The van der Waals surface area contributed by atoms with Gasteiger partial charge in [-0.25, -0.2) is 0 Å². The van der Waals surface area contributed by atoms with Crippen molar-refractivity contribution < 1.29 is 14.1 Å². The van der Waals surface area contributed by atoms with Crippen LogP contribution in [0.3, 0.4) is 0 Å². The number of thiophene rings is 1. The molecule has 0 radical (unpaired) electrons. The number of hydrogen-bond donors (Lipinski definition) is 0. The Labute approximate surface area is 150 Å². The lowest BCUT2D eigenvalue weighted by Crippen LogP contribution is -2.26. The van der Waals surface area contributed by atoms with Gasteiger partial charge in [0.15, 0.2) is 0 Å². The Morgan fingerprint density at radius 3 is 2.76 bits per heavy atom. The largest absolute Gasteiger partial charge is 0.488 e. The van der Waals surface area contributed by atoms with Crippen molar-refractivity contribution in [2.24, 2.45) is 0 Å². The van der Waals surface area contributed by atoms with Gasteiger partial charge in [0.2, 0.25) is 0 Å². The van der Waals surface area contributed by atoms with Gasteiger partial charge in [0, 0.05) is 13.6 Å². The Balaban J connectivity index is 1.75. The second-order valence-corrected chi connectivity index (χ2v) is 6.66. The minimum atomic E-state index is -0.0689. The normalized spacial score (nSPS) is 10.7. The maximum absolute atomic E-state index is 12.8. The van der Waals surface area contributed by atoms with E-state index in [1.807, 2.05) is 48.9 Å². The summed E-state index contributed by atoms with van der Waals surface area (Å²) in [5.74, 6) is 1.22. The molecule has 0 aliphatic carbocycles. The Morgan fingerprint density at radius 2 is 2.08 bits per heavy atom. The van der Waals surface area contributed by atoms with E-state index in [0.717, 1.165) is 22.6 Å². The molecule has 1 amide bonds. The predicted molar refractivity (Wildman–Crippen MR) is 96.9 cm³/mol. The molecular weight excluding hydrogens is 336 g/mol. The first-order valence-corrected chi connectivity index (χ1v) is 8.90. The van der Waals surface area contributed by atoms with E-state index in [0.29, 0.717) is 24.5 Å². The molecule has 0 atom stereocenters. The van der Waals surface area contributed by atoms with E-state index in [9.17, 15) is 4.79 Å². The quantitative estimate of drug-likeness (QED) is 0.664. The third-order valence-electron chi connectivity index (χ3n) is 4.02. The molecule has 0 N–H and O–H groups in total. The number of amides is 1. The first kappa shape index (κ1) is 17.2. The lowest BCUT2D eigenvalue weighted by Gasteiger charge is -2.18. The molecule has 0 saturated heterocycles. The summed E-state index contributed by atoms with van der Waals surface area (Å²) in [5.41, 5.74) is 3.38. The molecule has 0 fully saturated rings. The van der Waals surface area contributed by atoms with E-state index in [4.69, 9.17) is 9.26 Å². The van der Waals surface area contributed by atoms with Crippen LogP contribution in [0.4, 0.5) is 0 Å². The molecule has 1 aromatic carbocycles. The second kappa shape index (κ2) is 7.53. The molecule has 25 heavy (non-hydrogen) atoms. The molecule has 130 valence electrons. The first-order valence-electron chi connectivity index (χ1n) is 7.96. The third kappa shape index (κ3) is 3.91. The van der Waals surface area contributed by atoms with E-state index < -0.39 is 0 Å². The molecule has 0 bridgehead atoms. The Hall–Kier alpha value is -2.60.